The van der Waals surface area contributed by atoms with Gasteiger partial charge in [-0.3, -0.25) is 9.36 Å². The maximum Gasteiger partial charge on any atom is 0.231 e. The van der Waals surface area contributed by atoms with Crippen molar-refractivity contribution in [1.82, 2.24) is 20.1 Å². The maximum atomic E-state index is 12.9. The molecular weight excluding hydrogens is 408 g/mol. The number of aromatic nitrogens is 3. The molecule has 156 valence electrons. The van der Waals surface area contributed by atoms with Crippen LogP contribution in [0, 0.1) is 0 Å². The average Bonchev–Trinajstić information content (AvgIpc) is 3.31. The summed E-state index contributed by atoms with van der Waals surface area (Å²) in [4.78, 5) is 12.9. The van der Waals surface area contributed by atoms with Gasteiger partial charge in [-0.05, 0) is 23.3 Å². The van der Waals surface area contributed by atoms with E-state index in [1.54, 1.807) is 13.4 Å². The van der Waals surface area contributed by atoms with Crippen molar-refractivity contribution in [2.24, 2.45) is 0 Å². The number of nitrogens with one attached hydrogen (secondary N) is 1. The van der Waals surface area contributed by atoms with E-state index in [4.69, 9.17) is 4.74 Å². The second-order valence-corrected chi connectivity index (χ2v) is 7.71. The first-order valence-corrected chi connectivity index (χ1v) is 10.8. The summed E-state index contributed by atoms with van der Waals surface area (Å²) in [5, 5.41) is 12.0. The van der Waals surface area contributed by atoms with Crippen molar-refractivity contribution < 1.29 is 9.53 Å². The van der Waals surface area contributed by atoms with Gasteiger partial charge in [0.15, 0.2) is 5.16 Å². The summed E-state index contributed by atoms with van der Waals surface area (Å²) in [6, 6.07) is 27.3. The molecule has 1 heterocycles. The number of benzene rings is 3. The van der Waals surface area contributed by atoms with E-state index in [0.29, 0.717) is 10.9 Å². The van der Waals surface area contributed by atoms with Gasteiger partial charge in [-0.2, -0.15) is 0 Å². The molecular formula is C24H22N4O2S. The number of para-hydroxylation sites is 2. The summed E-state index contributed by atoms with van der Waals surface area (Å²) in [6.45, 7) is 0. The highest BCUT2D eigenvalue weighted by Gasteiger charge is 2.18. The van der Waals surface area contributed by atoms with Gasteiger partial charge in [0.25, 0.3) is 0 Å². The molecule has 4 rings (SSSR count). The first-order chi connectivity index (χ1) is 15.3. The lowest BCUT2D eigenvalue weighted by Crippen LogP contribution is -2.30. The molecule has 0 fully saturated rings. The third kappa shape index (κ3) is 4.95. The summed E-state index contributed by atoms with van der Waals surface area (Å²) in [5.74, 6) is 0.836. The largest absolute Gasteiger partial charge is 0.495 e. The summed E-state index contributed by atoms with van der Waals surface area (Å²) in [7, 11) is 1.62. The third-order valence-corrected chi connectivity index (χ3v) is 5.71. The number of ether oxygens (including phenoxy) is 1. The Balaban J connectivity index is 1.49. The van der Waals surface area contributed by atoms with E-state index in [1.807, 2.05) is 89.5 Å². The van der Waals surface area contributed by atoms with Crippen LogP contribution >= 0.6 is 11.8 Å². The van der Waals surface area contributed by atoms with Crippen molar-refractivity contribution in [3.63, 3.8) is 0 Å². The molecule has 3 aromatic carbocycles. The van der Waals surface area contributed by atoms with Crippen LogP contribution in [0.15, 0.2) is 96.4 Å². The Hall–Kier alpha value is -3.58. The molecule has 7 heteroatoms. The van der Waals surface area contributed by atoms with E-state index in [0.717, 1.165) is 16.8 Å². The zero-order chi connectivity index (χ0) is 21.5. The van der Waals surface area contributed by atoms with E-state index in [1.165, 1.54) is 11.8 Å². The molecule has 4 aromatic rings. The van der Waals surface area contributed by atoms with Crippen molar-refractivity contribution in [3.8, 4) is 11.4 Å². The monoisotopic (exact) mass is 430 g/mol. The van der Waals surface area contributed by atoms with Gasteiger partial charge in [0, 0.05) is 0 Å². The Labute approximate surface area is 185 Å². The summed E-state index contributed by atoms with van der Waals surface area (Å²) in [6.07, 6.45) is 1.62. The summed E-state index contributed by atoms with van der Waals surface area (Å²) in [5.41, 5.74) is 2.89. The number of hydrogen-bond donors (Lipinski definition) is 1. The number of amides is 1. The van der Waals surface area contributed by atoms with E-state index in [2.05, 4.69) is 15.5 Å². The molecule has 0 atom stereocenters. The Kier molecular flexibility index (Phi) is 6.64. The minimum Gasteiger partial charge on any atom is -0.495 e. The molecule has 0 aliphatic rings. The van der Waals surface area contributed by atoms with Gasteiger partial charge in [-0.15, -0.1) is 10.2 Å². The average molecular weight is 431 g/mol. The molecule has 0 saturated heterocycles. The van der Waals surface area contributed by atoms with E-state index < -0.39 is 0 Å². The molecule has 31 heavy (non-hydrogen) atoms. The van der Waals surface area contributed by atoms with Gasteiger partial charge in [0.1, 0.15) is 12.1 Å². The predicted molar refractivity (Wildman–Crippen MR) is 122 cm³/mol. The van der Waals surface area contributed by atoms with Crippen molar-refractivity contribution in [2.45, 2.75) is 11.2 Å². The number of hydrogen-bond acceptors (Lipinski definition) is 5. The van der Waals surface area contributed by atoms with Gasteiger partial charge >= 0.3 is 0 Å². The number of rotatable bonds is 8. The number of carbonyl (C=O) groups is 1. The fourth-order valence-corrected chi connectivity index (χ4v) is 4.03. The fourth-order valence-electron chi connectivity index (χ4n) is 3.30. The van der Waals surface area contributed by atoms with Crippen LogP contribution in [0.2, 0.25) is 0 Å². The van der Waals surface area contributed by atoms with Crippen LogP contribution < -0.4 is 10.1 Å². The normalized spacial score (nSPS) is 10.8. The summed E-state index contributed by atoms with van der Waals surface area (Å²) < 4.78 is 7.26. The highest BCUT2D eigenvalue weighted by Crippen LogP contribution is 2.27. The summed E-state index contributed by atoms with van der Waals surface area (Å²) >= 11 is 1.33. The lowest BCUT2D eigenvalue weighted by atomic mass is 9.99. The quantitative estimate of drug-likeness (QED) is 0.423. The molecule has 0 unspecified atom stereocenters. The first-order valence-electron chi connectivity index (χ1n) is 9.81. The Morgan fingerprint density at radius 2 is 1.58 bits per heavy atom. The smallest absolute Gasteiger partial charge is 0.231 e. The van der Waals surface area contributed by atoms with Gasteiger partial charge < -0.3 is 10.1 Å². The molecule has 6 nitrogen and oxygen atoms in total. The van der Waals surface area contributed by atoms with Crippen LogP contribution in [0.1, 0.15) is 17.2 Å². The molecule has 0 radical (unpaired) electrons. The highest BCUT2D eigenvalue weighted by atomic mass is 32.2. The van der Waals surface area contributed by atoms with Crippen LogP contribution in [0.3, 0.4) is 0 Å². The zero-order valence-corrected chi connectivity index (χ0v) is 17.8. The molecule has 0 bridgehead atoms. The number of nitrogens with zero attached hydrogens (tertiary/aromatic N) is 3. The topological polar surface area (TPSA) is 69.0 Å². The van der Waals surface area contributed by atoms with E-state index in [9.17, 15) is 4.79 Å². The van der Waals surface area contributed by atoms with Crippen LogP contribution in [0.4, 0.5) is 0 Å². The fraction of sp³-hybridized carbons (Fsp3) is 0.125. The Morgan fingerprint density at radius 1 is 0.968 bits per heavy atom. The SMILES string of the molecule is COc1ccccc1-n1cnnc1SCC(=O)NC(c1ccccc1)c1ccccc1. The number of thioether (sulfide) groups is 1. The van der Waals surface area contributed by atoms with Gasteiger partial charge in [0.2, 0.25) is 5.91 Å². The lowest BCUT2D eigenvalue weighted by Gasteiger charge is -2.20. The van der Waals surface area contributed by atoms with Crippen molar-refractivity contribution >= 4 is 17.7 Å². The predicted octanol–water partition coefficient (Wildman–Crippen LogP) is 4.27. The lowest BCUT2D eigenvalue weighted by molar-refractivity contribution is -0.119. The number of methoxy groups -OCH3 is 1. The van der Waals surface area contributed by atoms with Gasteiger partial charge in [-0.25, -0.2) is 0 Å². The molecule has 1 amide bonds. The Bertz CT molecular complexity index is 1090. The van der Waals surface area contributed by atoms with Crippen molar-refractivity contribution in [3.05, 3.63) is 102 Å². The molecule has 0 saturated carbocycles. The van der Waals surface area contributed by atoms with Crippen LogP contribution in [0.5, 0.6) is 5.75 Å². The van der Waals surface area contributed by atoms with Crippen molar-refractivity contribution in [2.75, 3.05) is 12.9 Å². The maximum absolute atomic E-state index is 12.9. The zero-order valence-electron chi connectivity index (χ0n) is 17.0. The van der Waals surface area contributed by atoms with Crippen LogP contribution in [-0.4, -0.2) is 33.5 Å². The molecule has 1 aromatic heterocycles. The molecule has 0 spiro atoms. The van der Waals surface area contributed by atoms with Gasteiger partial charge in [0.05, 0.1) is 24.6 Å². The van der Waals surface area contributed by atoms with E-state index in [-0.39, 0.29) is 17.7 Å². The Morgan fingerprint density at radius 3 is 2.23 bits per heavy atom. The van der Waals surface area contributed by atoms with E-state index >= 15 is 0 Å². The standard InChI is InChI=1S/C24H22N4O2S/c1-30-21-15-9-8-14-20(21)28-17-25-27-24(28)31-16-22(29)26-23(18-10-4-2-5-11-18)19-12-6-3-7-13-19/h2-15,17,23H,16H2,1H3,(H,26,29). The second-order valence-electron chi connectivity index (χ2n) is 6.77. The molecule has 0 aliphatic heterocycles. The molecule has 0 aliphatic carbocycles. The first kappa shape index (κ1) is 20.7. The van der Waals surface area contributed by atoms with Gasteiger partial charge in [-0.1, -0.05) is 84.6 Å². The molecule has 1 N–H and O–H groups in total. The third-order valence-electron chi connectivity index (χ3n) is 4.76. The minimum atomic E-state index is -0.220. The van der Waals surface area contributed by atoms with Crippen LogP contribution in [0.25, 0.3) is 5.69 Å². The minimum absolute atomic E-state index is 0.0858. The second kappa shape index (κ2) is 9.95. The van der Waals surface area contributed by atoms with Crippen LogP contribution in [-0.2, 0) is 4.79 Å². The van der Waals surface area contributed by atoms with Crippen molar-refractivity contribution in [1.29, 1.82) is 0 Å². The highest BCUT2D eigenvalue weighted by molar-refractivity contribution is 7.99. The number of carbonyl (C=O) groups excluding carboxylic acids is 1.